The molecule has 1 aliphatic heterocycles. The standard InChI is InChI=1S/C17H21N7/c1-12-14-8-13(9-19-17(14)23(3)21-12)15-10-18-11-16(20-15)24-6-4-22(2)5-7-24/h8-11H,4-7H2,1-3H3. The molecule has 0 aliphatic carbocycles. The Balaban J connectivity index is 1.69. The summed E-state index contributed by atoms with van der Waals surface area (Å²) < 4.78 is 1.81. The lowest BCUT2D eigenvalue weighted by molar-refractivity contribution is 0.312. The second kappa shape index (κ2) is 5.83. The van der Waals surface area contributed by atoms with Gasteiger partial charge in [0.2, 0.25) is 0 Å². The van der Waals surface area contributed by atoms with Crippen molar-refractivity contribution in [3.63, 3.8) is 0 Å². The van der Waals surface area contributed by atoms with Crippen molar-refractivity contribution in [1.82, 2.24) is 29.6 Å². The van der Waals surface area contributed by atoms with Gasteiger partial charge < -0.3 is 9.80 Å². The van der Waals surface area contributed by atoms with Crippen molar-refractivity contribution in [3.8, 4) is 11.3 Å². The van der Waals surface area contributed by atoms with Gasteiger partial charge in [-0.15, -0.1) is 0 Å². The number of anilines is 1. The number of hydrogen-bond acceptors (Lipinski definition) is 6. The van der Waals surface area contributed by atoms with Gasteiger partial charge in [-0.1, -0.05) is 0 Å². The maximum Gasteiger partial charge on any atom is 0.157 e. The van der Waals surface area contributed by atoms with Crippen LogP contribution in [0.2, 0.25) is 0 Å². The molecule has 3 aromatic heterocycles. The Labute approximate surface area is 141 Å². The second-order valence-corrected chi connectivity index (χ2v) is 6.36. The van der Waals surface area contributed by atoms with Crippen molar-refractivity contribution >= 4 is 16.9 Å². The molecule has 0 amide bonds. The molecule has 4 rings (SSSR count). The first-order valence-corrected chi connectivity index (χ1v) is 8.17. The van der Waals surface area contributed by atoms with Crippen LogP contribution in [0.15, 0.2) is 24.7 Å². The van der Waals surface area contributed by atoms with Crippen LogP contribution in [0.4, 0.5) is 5.82 Å². The molecule has 4 heterocycles. The van der Waals surface area contributed by atoms with Gasteiger partial charge in [0.1, 0.15) is 5.82 Å². The Morgan fingerprint density at radius 2 is 1.79 bits per heavy atom. The molecule has 0 N–H and O–H groups in total. The summed E-state index contributed by atoms with van der Waals surface area (Å²) in [5.41, 5.74) is 3.69. The van der Waals surface area contributed by atoms with Crippen LogP contribution in [0, 0.1) is 6.92 Å². The number of aromatic nitrogens is 5. The fraction of sp³-hybridized carbons (Fsp3) is 0.412. The molecule has 0 aromatic carbocycles. The lowest BCUT2D eigenvalue weighted by Crippen LogP contribution is -2.44. The van der Waals surface area contributed by atoms with Gasteiger partial charge in [-0.3, -0.25) is 9.67 Å². The van der Waals surface area contributed by atoms with Gasteiger partial charge in [0.05, 0.1) is 23.8 Å². The first-order chi connectivity index (χ1) is 11.6. The third-order valence-electron chi connectivity index (χ3n) is 4.61. The largest absolute Gasteiger partial charge is 0.353 e. The van der Waals surface area contributed by atoms with Gasteiger partial charge in [-0.25, -0.2) is 9.97 Å². The van der Waals surface area contributed by atoms with Gasteiger partial charge in [0.25, 0.3) is 0 Å². The van der Waals surface area contributed by atoms with Crippen LogP contribution in [-0.2, 0) is 7.05 Å². The Morgan fingerprint density at radius 1 is 1.00 bits per heavy atom. The maximum absolute atomic E-state index is 4.81. The van der Waals surface area contributed by atoms with Crippen molar-refractivity contribution in [3.05, 3.63) is 30.4 Å². The lowest BCUT2D eigenvalue weighted by Gasteiger charge is -2.33. The molecule has 0 radical (unpaired) electrons. The molecule has 0 spiro atoms. The fourth-order valence-electron chi connectivity index (χ4n) is 3.13. The number of likely N-dealkylation sites (N-methyl/N-ethyl adjacent to an activating group) is 1. The molecule has 1 fully saturated rings. The highest BCUT2D eigenvalue weighted by Crippen LogP contribution is 2.24. The summed E-state index contributed by atoms with van der Waals surface area (Å²) >= 11 is 0. The van der Waals surface area contributed by atoms with Crippen molar-refractivity contribution in [2.75, 3.05) is 38.1 Å². The van der Waals surface area contributed by atoms with Gasteiger partial charge >= 0.3 is 0 Å². The minimum Gasteiger partial charge on any atom is -0.353 e. The van der Waals surface area contributed by atoms with E-state index in [0.29, 0.717) is 0 Å². The Hall–Kier alpha value is -2.54. The fourth-order valence-corrected chi connectivity index (χ4v) is 3.13. The smallest absolute Gasteiger partial charge is 0.157 e. The summed E-state index contributed by atoms with van der Waals surface area (Å²) in [5, 5.41) is 5.49. The maximum atomic E-state index is 4.81. The van der Waals surface area contributed by atoms with Crippen LogP contribution in [0.5, 0.6) is 0 Å². The average Bonchev–Trinajstić information content (AvgIpc) is 2.89. The Kier molecular flexibility index (Phi) is 3.65. The van der Waals surface area contributed by atoms with Crippen LogP contribution in [0.3, 0.4) is 0 Å². The van der Waals surface area contributed by atoms with E-state index >= 15 is 0 Å². The van der Waals surface area contributed by atoms with E-state index in [1.807, 2.05) is 26.4 Å². The molecule has 124 valence electrons. The zero-order valence-corrected chi connectivity index (χ0v) is 14.3. The highest BCUT2D eigenvalue weighted by atomic mass is 15.3. The van der Waals surface area contributed by atoms with E-state index in [1.54, 1.807) is 10.9 Å². The average molecular weight is 323 g/mol. The summed E-state index contributed by atoms with van der Waals surface area (Å²) in [6.07, 6.45) is 5.49. The third-order valence-corrected chi connectivity index (χ3v) is 4.61. The molecule has 1 saturated heterocycles. The van der Waals surface area contributed by atoms with Crippen LogP contribution in [-0.4, -0.2) is 62.9 Å². The predicted molar refractivity (Wildman–Crippen MR) is 94.0 cm³/mol. The third kappa shape index (κ3) is 2.60. The van der Waals surface area contributed by atoms with Crippen molar-refractivity contribution in [2.45, 2.75) is 6.92 Å². The normalized spacial score (nSPS) is 16.0. The van der Waals surface area contributed by atoms with Crippen LogP contribution < -0.4 is 4.90 Å². The van der Waals surface area contributed by atoms with E-state index in [4.69, 9.17) is 4.98 Å². The Morgan fingerprint density at radius 3 is 2.58 bits per heavy atom. The molecule has 1 aliphatic rings. The van der Waals surface area contributed by atoms with Crippen LogP contribution >= 0.6 is 0 Å². The predicted octanol–water partition coefficient (Wildman–Crippen LogP) is 1.49. The summed E-state index contributed by atoms with van der Waals surface area (Å²) in [7, 11) is 4.06. The minimum atomic E-state index is 0.851. The Bertz CT molecular complexity index is 878. The van der Waals surface area contributed by atoms with Gasteiger partial charge in [-0.05, 0) is 20.0 Å². The summed E-state index contributed by atoms with van der Waals surface area (Å²) in [6.45, 7) is 6.06. The van der Waals surface area contributed by atoms with Crippen molar-refractivity contribution in [2.24, 2.45) is 7.05 Å². The summed E-state index contributed by atoms with van der Waals surface area (Å²) in [6, 6.07) is 2.10. The lowest BCUT2D eigenvalue weighted by atomic mass is 10.1. The minimum absolute atomic E-state index is 0.851. The van der Waals surface area contributed by atoms with Crippen molar-refractivity contribution < 1.29 is 0 Å². The zero-order valence-electron chi connectivity index (χ0n) is 14.3. The van der Waals surface area contributed by atoms with E-state index < -0.39 is 0 Å². The number of rotatable bonds is 2. The van der Waals surface area contributed by atoms with E-state index in [-0.39, 0.29) is 0 Å². The van der Waals surface area contributed by atoms with E-state index in [0.717, 1.165) is 60.0 Å². The number of hydrogen-bond donors (Lipinski definition) is 0. The molecule has 7 heteroatoms. The summed E-state index contributed by atoms with van der Waals surface area (Å²) in [5.74, 6) is 0.934. The number of aryl methyl sites for hydroxylation is 2. The number of fused-ring (bicyclic) bond motifs is 1. The van der Waals surface area contributed by atoms with E-state index in [9.17, 15) is 0 Å². The van der Waals surface area contributed by atoms with Gasteiger partial charge in [0, 0.05) is 50.4 Å². The molecule has 7 nitrogen and oxygen atoms in total. The monoisotopic (exact) mass is 323 g/mol. The topological polar surface area (TPSA) is 63.0 Å². The van der Waals surface area contributed by atoms with Crippen LogP contribution in [0.1, 0.15) is 5.69 Å². The zero-order chi connectivity index (χ0) is 16.7. The number of piperazine rings is 1. The first-order valence-electron chi connectivity index (χ1n) is 8.17. The molecule has 3 aromatic rings. The molecular formula is C17H21N7. The van der Waals surface area contributed by atoms with E-state index in [2.05, 4.69) is 38.0 Å². The summed E-state index contributed by atoms with van der Waals surface area (Å²) in [4.78, 5) is 18.4. The van der Waals surface area contributed by atoms with E-state index in [1.165, 1.54) is 0 Å². The molecule has 0 atom stereocenters. The quantitative estimate of drug-likeness (QED) is 0.712. The highest BCUT2D eigenvalue weighted by Gasteiger charge is 2.16. The molecular weight excluding hydrogens is 302 g/mol. The molecule has 0 bridgehead atoms. The van der Waals surface area contributed by atoms with Gasteiger partial charge in [0.15, 0.2) is 5.65 Å². The SMILES string of the molecule is Cc1nn(C)c2ncc(-c3cncc(N4CCN(C)CC4)n3)cc12. The molecule has 24 heavy (non-hydrogen) atoms. The molecule has 0 unspecified atom stereocenters. The van der Waals surface area contributed by atoms with Crippen molar-refractivity contribution in [1.29, 1.82) is 0 Å². The second-order valence-electron chi connectivity index (χ2n) is 6.36. The highest BCUT2D eigenvalue weighted by molar-refractivity contribution is 5.82. The van der Waals surface area contributed by atoms with Gasteiger partial charge in [-0.2, -0.15) is 5.10 Å². The molecule has 0 saturated carbocycles. The number of pyridine rings is 1. The number of nitrogens with zero attached hydrogens (tertiary/aromatic N) is 7. The first kappa shape index (κ1) is 15.0. The van der Waals surface area contributed by atoms with Crippen LogP contribution in [0.25, 0.3) is 22.3 Å².